The number of carbonyl (C=O) groups is 2. The molecule has 1 aliphatic rings. The Kier molecular flexibility index (Phi) is 3.50. The molecule has 0 spiro atoms. The van der Waals surface area contributed by atoms with E-state index >= 15 is 0 Å². The molecule has 14 heavy (non-hydrogen) atoms. The Balaban J connectivity index is 2.56. The van der Waals surface area contributed by atoms with Crippen molar-refractivity contribution >= 4 is 11.9 Å². The molecule has 3 amide bonds. The summed E-state index contributed by atoms with van der Waals surface area (Å²) < 4.78 is 0. The highest BCUT2D eigenvalue weighted by molar-refractivity contribution is 5.87. The van der Waals surface area contributed by atoms with Gasteiger partial charge in [-0.05, 0) is 12.5 Å². The van der Waals surface area contributed by atoms with Crippen LogP contribution in [0.4, 0.5) is 4.79 Å². The van der Waals surface area contributed by atoms with Crippen LogP contribution in [-0.2, 0) is 4.79 Å². The fourth-order valence-electron chi connectivity index (χ4n) is 1.41. The van der Waals surface area contributed by atoms with Crippen molar-refractivity contribution < 1.29 is 9.59 Å². The molecule has 1 rings (SSSR count). The first-order valence-corrected chi connectivity index (χ1v) is 4.66. The first kappa shape index (κ1) is 10.6. The molecule has 0 radical (unpaired) electrons. The molecule has 1 unspecified atom stereocenters. The van der Waals surface area contributed by atoms with E-state index in [2.05, 4.69) is 17.2 Å². The zero-order valence-corrected chi connectivity index (χ0v) is 8.25. The van der Waals surface area contributed by atoms with Gasteiger partial charge in [-0.25, -0.2) is 4.79 Å². The molecule has 2 N–H and O–H groups in total. The molecule has 0 aromatic rings. The largest absolute Gasteiger partial charge is 0.336 e. The lowest BCUT2D eigenvalue weighted by Gasteiger charge is -2.25. The number of nitrogens with one attached hydrogen (secondary N) is 2. The monoisotopic (exact) mass is 197 g/mol. The number of carbonyl (C=O) groups excluding carboxylic acids is 2. The van der Waals surface area contributed by atoms with Gasteiger partial charge in [0.1, 0.15) is 6.17 Å². The third-order valence-electron chi connectivity index (χ3n) is 2.15. The van der Waals surface area contributed by atoms with Gasteiger partial charge in [0.25, 0.3) is 0 Å². The van der Waals surface area contributed by atoms with E-state index in [0.717, 1.165) is 0 Å². The molecule has 1 aliphatic heterocycles. The smallest absolute Gasteiger partial charge is 0.319 e. The van der Waals surface area contributed by atoms with Crippen molar-refractivity contribution in [2.24, 2.45) is 0 Å². The van der Waals surface area contributed by atoms with Crippen molar-refractivity contribution in [3.05, 3.63) is 12.7 Å². The summed E-state index contributed by atoms with van der Waals surface area (Å²) in [5, 5.41) is 5.38. The minimum absolute atomic E-state index is 0.124. The molecule has 1 fully saturated rings. The second kappa shape index (κ2) is 4.64. The summed E-state index contributed by atoms with van der Waals surface area (Å²) in [6.07, 6.45) is 1.66. The third kappa shape index (κ3) is 2.25. The van der Waals surface area contributed by atoms with Crippen molar-refractivity contribution in [2.45, 2.75) is 19.5 Å². The van der Waals surface area contributed by atoms with Gasteiger partial charge in [-0.15, -0.1) is 0 Å². The Morgan fingerprint density at radius 2 is 2.57 bits per heavy atom. The predicted molar refractivity (Wildman–Crippen MR) is 52.5 cm³/mol. The van der Waals surface area contributed by atoms with Gasteiger partial charge in [0, 0.05) is 13.1 Å². The highest BCUT2D eigenvalue weighted by Crippen LogP contribution is 2.05. The molecule has 1 saturated heterocycles. The lowest BCUT2D eigenvalue weighted by Crippen LogP contribution is -2.48. The van der Waals surface area contributed by atoms with E-state index in [9.17, 15) is 9.59 Å². The van der Waals surface area contributed by atoms with Crippen LogP contribution in [0.2, 0.25) is 0 Å². The molecule has 0 aliphatic carbocycles. The molecule has 0 bridgehead atoms. The summed E-state index contributed by atoms with van der Waals surface area (Å²) in [5.74, 6) is -0.253. The fourth-order valence-corrected chi connectivity index (χ4v) is 1.41. The third-order valence-corrected chi connectivity index (χ3v) is 2.15. The van der Waals surface area contributed by atoms with E-state index in [4.69, 9.17) is 0 Å². The average molecular weight is 197 g/mol. The van der Waals surface area contributed by atoms with Crippen LogP contribution < -0.4 is 10.6 Å². The molecule has 0 aromatic heterocycles. The van der Waals surface area contributed by atoms with E-state index in [1.807, 2.05) is 6.92 Å². The number of hydrogen-bond donors (Lipinski definition) is 2. The maximum absolute atomic E-state index is 11.3. The van der Waals surface area contributed by atoms with Crippen molar-refractivity contribution in [3.8, 4) is 0 Å². The summed E-state index contributed by atoms with van der Waals surface area (Å²) in [6, 6.07) is -0.124. The zero-order chi connectivity index (χ0) is 10.6. The first-order valence-electron chi connectivity index (χ1n) is 4.66. The average Bonchev–Trinajstić information content (AvgIpc) is 2.60. The van der Waals surface area contributed by atoms with E-state index in [-0.39, 0.29) is 18.1 Å². The van der Waals surface area contributed by atoms with Crippen molar-refractivity contribution in [1.29, 1.82) is 0 Å². The van der Waals surface area contributed by atoms with Crippen LogP contribution in [-0.4, -0.2) is 36.1 Å². The molecule has 78 valence electrons. The predicted octanol–water partition coefficient (Wildman–Crippen LogP) is 0.0499. The van der Waals surface area contributed by atoms with E-state index in [1.54, 1.807) is 4.90 Å². The summed E-state index contributed by atoms with van der Waals surface area (Å²) in [5.41, 5.74) is 0. The maximum Gasteiger partial charge on any atom is 0.319 e. The molecule has 1 atom stereocenters. The van der Waals surface area contributed by atoms with Crippen LogP contribution in [0.1, 0.15) is 13.3 Å². The number of rotatable bonds is 4. The van der Waals surface area contributed by atoms with Crippen molar-refractivity contribution in [3.63, 3.8) is 0 Å². The molecule has 5 heteroatoms. The van der Waals surface area contributed by atoms with Crippen LogP contribution in [0.3, 0.4) is 0 Å². The van der Waals surface area contributed by atoms with Crippen LogP contribution in [0.15, 0.2) is 12.7 Å². The second-order valence-corrected chi connectivity index (χ2v) is 3.06. The van der Waals surface area contributed by atoms with Crippen molar-refractivity contribution in [1.82, 2.24) is 15.5 Å². The summed E-state index contributed by atoms with van der Waals surface area (Å²) >= 11 is 0. The number of hydrogen-bond acceptors (Lipinski definition) is 2. The number of nitrogens with zero attached hydrogens (tertiary/aromatic N) is 1. The fraction of sp³-hybridized carbons (Fsp3) is 0.556. The van der Waals surface area contributed by atoms with Gasteiger partial charge in [0.15, 0.2) is 0 Å². The van der Waals surface area contributed by atoms with Crippen LogP contribution in [0.25, 0.3) is 0 Å². The van der Waals surface area contributed by atoms with E-state index in [1.165, 1.54) is 6.08 Å². The molecular weight excluding hydrogens is 182 g/mol. The Bertz CT molecular complexity index is 252. The number of urea groups is 1. The van der Waals surface area contributed by atoms with Gasteiger partial charge in [0.2, 0.25) is 5.91 Å². The van der Waals surface area contributed by atoms with E-state index in [0.29, 0.717) is 19.5 Å². The minimum atomic E-state index is -0.253. The Labute approximate surface area is 83.1 Å². The van der Waals surface area contributed by atoms with Gasteiger partial charge < -0.3 is 15.5 Å². The molecule has 0 aromatic carbocycles. The summed E-state index contributed by atoms with van der Waals surface area (Å²) in [6.45, 7) is 6.55. The highest BCUT2D eigenvalue weighted by Gasteiger charge is 2.26. The van der Waals surface area contributed by atoms with Crippen LogP contribution in [0.5, 0.6) is 0 Å². The number of amides is 3. The topological polar surface area (TPSA) is 61.4 Å². The normalized spacial score (nSPS) is 17.5. The zero-order valence-electron chi connectivity index (χ0n) is 8.25. The minimum Gasteiger partial charge on any atom is -0.336 e. The Morgan fingerprint density at radius 3 is 3.00 bits per heavy atom. The highest BCUT2D eigenvalue weighted by atomic mass is 16.2. The Morgan fingerprint density at radius 1 is 1.86 bits per heavy atom. The lowest BCUT2D eigenvalue weighted by molar-refractivity contribution is -0.118. The van der Waals surface area contributed by atoms with E-state index < -0.39 is 0 Å². The van der Waals surface area contributed by atoms with Gasteiger partial charge in [-0.2, -0.15) is 0 Å². The first-order chi connectivity index (χ1) is 6.69. The molecular formula is C9H15N3O2. The maximum atomic E-state index is 11.3. The van der Waals surface area contributed by atoms with Gasteiger partial charge in [-0.3, -0.25) is 4.79 Å². The van der Waals surface area contributed by atoms with Gasteiger partial charge >= 0.3 is 6.03 Å². The quantitative estimate of drug-likeness (QED) is 0.625. The molecule has 5 nitrogen and oxygen atoms in total. The van der Waals surface area contributed by atoms with Crippen LogP contribution >= 0.6 is 0 Å². The van der Waals surface area contributed by atoms with Crippen LogP contribution in [0, 0.1) is 0 Å². The second-order valence-electron chi connectivity index (χ2n) is 3.06. The molecule has 1 heterocycles. The van der Waals surface area contributed by atoms with Crippen molar-refractivity contribution in [2.75, 3.05) is 13.1 Å². The lowest BCUT2D eigenvalue weighted by atomic mass is 10.3. The standard InChI is InChI=1S/C9H15N3O2/c1-3-7(11-8(13)4-2)12-6-5-10-9(12)14/h4,7H,2-3,5-6H2,1H3,(H,10,14)(H,11,13). The molecule has 0 saturated carbocycles. The summed E-state index contributed by atoms with van der Waals surface area (Å²) in [4.78, 5) is 24.0. The SMILES string of the molecule is C=CC(=O)NC(CC)N1CCNC1=O. The summed E-state index contributed by atoms with van der Waals surface area (Å²) in [7, 11) is 0. The van der Waals surface area contributed by atoms with Gasteiger partial charge in [-0.1, -0.05) is 13.5 Å². The van der Waals surface area contributed by atoms with Gasteiger partial charge in [0.05, 0.1) is 0 Å². The Hall–Kier alpha value is -1.52.